The first-order chi connectivity index (χ1) is 9.39. The standard InChI is InChI=1S/C16H17ClFNO/c1-16(2)8-13-10(14(20)9-16)6-7-19(13)15-11(17)4-3-5-12(15)18/h3-7,14,20H,8-9H2,1-2H3. The smallest absolute Gasteiger partial charge is 0.148 e. The number of hydrogen-bond acceptors (Lipinski definition) is 1. The molecule has 20 heavy (non-hydrogen) atoms. The van der Waals surface area contributed by atoms with Crippen LogP contribution in [-0.2, 0) is 6.42 Å². The van der Waals surface area contributed by atoms with E-state index in [-0.39, 0.29) is 11.2 Å². The third-order valence-electron chi connectivity index (χ3n) is 3.96. The van der Waals surface area contributed by atoms with Crippen LogP contribution < -0.4 is 0 Å². The molecule has 4 heteroatoms. The van der Waals surface area contributed by atoms with E-state index in [1.54, 1.807) is 22.9 Å². The molecule has 1 N–H and O–H groups in total. The van der Waals surface area contributed by atoms with Gasteiger partial charge in [-0.1, -0.05) is 31.5 Å². The molecule has 1 aliphatic carbocycles. The molecule has 1 heterocycles. The van der Waals surface area contributed by atoms with E-state index in [1.807, 2.05) is 6.07 Å². The number of rotatable bonds is 1. The Bertz CT molecular complexity index is 642. The lowest BCUT2D eigenvalue weighted by Gasteiger charge is -2.34. The number of hydrogen-bond donors (Lipinski definition) is 1. The fourth-order valence-corrected chi connectivity index (χ4v) is 3.31. The molecule has 1 unspecified atom stereocenters. The average molecular weight is 294 g/mol. The Balaban J connectivity index is 2.19. The molecule has 0 bridgehead atoms. The maximum Gasteiger partial charge on any atom is 0.148 e. The first kappa shape index (κ1) is 13.7. The van der Waals surface area contributed by atoms with Gasteiger partial charge in [0.15, 0.2) is 0 Å². The molecular weight excluding hydrogens is 277 g/mol. The van der Waals surface area contributed by atoms with Gasteiger partial charge in [0.1, 0.15) is 11.5 Å². The fraction of sp³-hybridized carbons (Fsp3) is 0.375. The summed E-state index contributed by atoms with van der Waals surface area (Å²) >= 11 is 6.15. The summed E-state index contributed by atoms with van der Waals surface area (Å²) in [6.07, 6.45) is 2.80. The topological polar surface area (TPSA) is 25.2 Å². The van der Waals surface area contributed by atoms with Crippen molar-refractivity contribution in [3.8, 4) is 5.69 Å². The van der Waals surface area contributed by atoms with Crippen LogP contribution >= 0.6 is 11.6 Å². The lowest BCUT2D eigenvalue weighted by molar-refractivity contribution is 0.0986. The van der Waals surface area contributed by atoms with Crippen LogP contribution in [0.1, 0.15) is 37.6 Å². The van der Waals surface area contributed by atoms with Crippen molar-refractivity contribution in [2.75, 3.05) is 0 Å². The first-order valence-electron chi connectivity index (χ1n) is 6.72. The minimum atomic E-state index is -0.499. The second-order valence-corrected chi connectivity index (χ2v) is 6.63. The molecule has 0 aliphatic heterocycles. The maximum absolute atomic E-state index is 14.1. The summed E-state index contributed by atoms with van der Waals surface area (Å²) in [6.45, 7) is 4.22. The van der Waals surface area contributed by atoms with Crippen molar-refractivity contribution < 1.29 is 9.50 Å². The molecule has 1 aromatic carbocycles. The summed E-state index contributed by atoms with van der Waals surface area (Å²) in [5.74, 6) is -0.353. The zero-order chi connectivity index (χ0) is 14.5. The Morgan fingerprint density at radius 1 is 1.35 bits per heavy atom. The minimum Gasteiger partial charge on any atom is -0.388 e. The Morgan fingerprint density at radius 3 is 2.80 bits per heavy atom. The monoisotopic (exact) mass is 293 g/mol. The van der Waals surface area contributed by atoms with E-state index in [9.17, 15) is 9.50 Å². The summed E-state index contributed by atoms with van der Waals surface area (Å²) in [4.78, 5) is 0. The van der Waals surface area contributed by atoms with Crippen LogP contribution in [0.4, 0.5) is 4.39 Å². The number of para-hydroxylation sites is 1. The van der Waals surface area contributed by atoms with E-state index >= 15 is 0 Å². The second kappa shape index (κ2) is 4.61. The van der Waals surface area contributed by atoms with Gasteiger partial charge in [-0.3, -0.25) is 0 Å². The number of aromatic nitrogens is 1. The van der Waals surface area contributed by atoms with Gasteiger partial charge in [-0.05, 0) is 36.5 Å². The third-order valence-corrected chi connectivity index (χ3v) is 4.26. The van der Waals surface area contributed by atoms with Crippen LogP contribution in [0, 0.1) is 11.2 Å². The molecule has 0 saturated heterocycles. The van der Waals surface area contributed by atoms with Crippen LogP contribution in [0.2, 0.25) is 5.02 Å². The lowest BCUT2D eigenvalue weighted by atomic mass is 9.75. The molecule has 106 valence electrons. The highest BCUT2D eigenvalue weighted by molar-refractivity contribution is 6.32. The first-order valence-corrected chi connectivity index (χ1v) is 7.09. The molecule has 0 saturated carbocycles. The van der Waals surface area contributed by atoms with E-state index in [0.717, 1.165) is 24.1 Å². The van der Waals surface area contributed by atoms with Gasteiger partial charge in [-0.25, -0.2) is 4.39 Å². The van der Waals surface area contributed by atoms with Crippen molar-refractivity contribution in [2.45, 2.75) is 32.8 Å². The van der Waals surface area contributed by atoms with E-state index in [2.05, 4.69) is 13.8 Å². The van der Waals surface area contributed by atoms with Crippen LogP contribution in [0.15, 0.2) is 30.5 Å². The molecule has 2 aromatic rings. The van der Waals surface area contributed by atoms with Crippen molar-refractivity contribution in [1.29, 1.82) is 0 Å². The van der Waals surface area contributed by atoms with Crippen molar-refractivity contribution in [2.24, 2.45) is 5.41 Å². The van der Waals surface area contributed by atoms with Crippen molar-refractivity contribution in [1.82, 2.24) is 4.57 Å². The summed E-state index contributed by atoms with van der Waals surface area (Å²) < 4.78 is 15.9. The molecule has 3 rings (SSSR count). The molecular formula is C16H17ClFNO. The average Bonchev–Trinajstić information content (AvgIpc) is 2.71. The van der Waals surface area contributed by atoms with Crippen molar-refractivity contribution in [3.05, 3.63) is 52.6 Å². The third kappa shape index (κ3) is 2.15. The van der Waals surface area contributed by atoms with E-state index in [4.69, 9.17) is 11.6 Å². The lowest BCUT2D eigenvalue weighted by Crippen LogP contribution is -2.26. The number of aliphatic hydroxyl groups is 1. The number of aliphatic hydroxyl groups excluding tert-OH is 1. The molecule has 1 aliphatic rings. The number of fused-ring (bicyclic) bond motifs is 1. The van der Waals surface area contributed by atoms with E-state index in [0.29, 0.717) is 10.7 Å². The van der Waals surface area contributed by atoms with Gasteiger partial charge in [-0.15, -0.1) is 0 Å². The molecule has 0 spiro atoms. The Hall–Kier alpha value is -1.32. The molecule has 1 aromatic heterocycles. The van der Waals surface area contributed by atoms with Crippen LogP contribution in [-0.4, -0.2) is 9.67 Å². The molecule has 0 fully saturated rings. The highest BCUT2D eigenvalue weighted by Gasteiger charge is 2.34. The number of halogens is 2. The van der Waals surface area contributed by atoms with Crippen LogP contribution in [0.5, 0.6) is 0 Å². The zero-order valence-electron chi connectivity index (χ0n) is 11.5. The number of benzene rings is 1. The summed E-state index contributed by atoms with van der Waals surface area (Å²) in [5, 5.41) is 10.6. The van der Waals surface area contributed by atoms with Gasteiger partial charge < -0.3 is 9.67 Å². The summed E-state index contributed by atoms with van der Waals surface area (Å²) in [6, 6.07) is 6.53. The van der Waals surface area contributed by atoms with Gasteiger partial charge >= 0.3 is 0 Å². The minimum absolute atomic E-state index is 0.0136. The highest BCUT2D eigenvalue weighted by Crippen LogP contribution is 2.42. The predicted molar refractivity (Wildman–Crippen MR) is 77.8 cm³/mol. The molecule has 0 amide bonds. The normalized spacial score (nSPS) is 20.8. The SMILES string of the molecule is CC1(C)Cc2c(ccn2-c2c(F)cccc2Cl)C(O)C1. The largest absolute Gasteiger partial charge is 0.388 e. The summed E-state index contributed by atoms with van der Waals surface area (Å²) in [7, 11) is 0. The van der Waals surface area contributed by atoms with Crippen molar-refractivity contribution in [3.63, 3.8) is 0 Å². The van der Waals surface area contributed by atoms with Gasteiger partial charge in [0, 0.05) is 17.5 Å². The van der Waals surface area contributed by atoms with E-state index < -0.39 is 6.10 Å². The molecule has 1 atom stereocenters. The Kier molecular flexibility index (Phi) is 3.14. The fourth-order valence-electron chi connectivity index (χ4n) is 3.06. The second-order valence-electron chi connectivity index (χ2n) is 6.22. The zero-order valence-corrected chi connectivity index (χ0v) is 12.3. The van der Waals surface area contributed by atoms with E-state index in [1.165, 1.54) is 6.07 Å². The summed E-state index contributed by atoms with van der Waals surface area (Å²) in [5.41, 5.74) is 2.17. The van der Waals surface area contributed by atoms with Crippen LogP contribution in [0.3, 0.4) is 0 Å². The Labute approximate surface area is 122 Å². The molecule has 0 radical (unpaired) electrons. The van der Waals surface area contributed by atoms with Gasteiger partial charge in [0.25, 0.3) is 0 Å². The van der Waals surface area contributed by atoms with Crippen LogP contribution in [0.25, 0.3) is 5.69 Å². The van der Waals surface area contributed by atoms with Crippen molar-refractivity contribution >= 4 is 11.6 Å². The van der Waals surface area contributed by atoms with Gasteiger partial charge in [0.05, 0.1) is 11.1 Å². The van der Waals surface area contributed by atoms with Gasteiger partial charge in [0.2, 0.25) is 0 Å². The Morgan fingerprint density at radius 2 is 2.10 bits per heavy atom. The highest BCUT2D eigenvalue weighted by atomic mass is 35.5. The molecule has 2 nitrogen and oxygen atoms in total. The predicted octanol–water partition coefficient (Wildman–Crippen LogP) is 4.28. The number of nitrogens with zero attached hydrogens (tertiary/aromatic N) is 1. The maximum atomic E-state index is 14.1. The van der Waals surface area contributed by atoms with Gasteiger partial charge in [-0.2, -0.15) is 0 Å². The quantitative estimate of drug-likeness (QED) is 0.834.